The zero-order valence-electron chi connectivity index (χ0n) is 14.1. The molecule has 2 heterocycles. The zero-order valence-corrected chi connectivity index (χ0v) is 14.1. The van der Waals surface area contributed by atoms with Crippen LogP contribution in [0.15, 0.2) is 0 Å². The van der Waals surface area contributed by atoms with Crippen molar-refractivity contribution < 1.29 is 9.59 Å². The van der Waals surface area contributed by atoms with Crippen molar-refractivity contribution in [1.29, 1.82) is 0 Å². The number of carbonyl (C=O) groups is 2. The quantitative estimate of drug-likeness (QED) is 0.786. The van der Waals surface area contributed by atoms with Gasteiger partial charge >= 0.3 is 6.03 Å². The summed E-state index contributed by atoms with van der Waals surface area (Å²) in [6.45, 7) is 7.47. The third-order valence-electron chi connectivity index (χ3n) is 5.09. The summed E-state index contributed by atoms with van der Waals surface area (Å²) >= 11 is 0. The first-order valence-corrected chi connectivity index (χ1v) is 8.97. The normalized spacial score (nSPS) is 23.5. The Balaban J connectivity index is 1.85. The Morgan fingerprint density at radius 1 is 1.36 bits per heavy atom. The second-order valence-corrected chi connectivity index (χ2v) is 6.68. The van der Waals surface area contributed by atoms with E-state index in [1.807, 2.05) is 9.80 Å². The van der Waals surface area contributed by atoms with Crippen LogP contribution in [0, 0.1) is 5.92 Å². The summed E-state index contributed by atoms with van der Waals surface area (Å²) in [5.41, 5.74) is 0. The van der Waals surface area contributed by atoms with E-state index in [-0.39, 0.29) is 18.0 Å². The molecule has 0 bridgehead atoms. The van der Waals surface area contributed by atoms with Gasteiger partial charge in [-0.25, -0.2) is 4.79 Å². The van der Waals surface area contributed by atoms with Gasteiger partial charge in [-0.3, -0.25) is 4.79 Å². The Labute approximate surface area is 134 Å². The molecule has 5 nitrogen and oxygen atoms in total. The zero-order chi connectivity index (χ0) is 15.9. The van der Waals surface area contributed by atoms with Gasteiger partial charge < -0.3 is 15.1 Å². The van der Waals surface area contributed by atoms with Crippen LogP contribution in [0.5, 0.6) is 0 Å². The summed E-state index contributed by atoms with van der Waals surface area (Å²) in [6.07, 6.45) is 7.34. The smallest absolute Gasteiger partial charge is 0.317 e. The lowest BCUT2D eigenvalue weighted by molar-refractivity contribution is -0.134. The maximum absolute atomic E-state index is 12.6. The Hall–Kier alpha value is -1.26. The lowest BCUT2D eigenvalue weighted by Gasteiger charge is -2.37. The summed E-state index contributed by atoms with van der Waals surface area (Å²) in [7, 11) is 0. The summed E-state index contributed by atoms with van der Waals surface area (Å²) in [6, 6.07) is 0.240. The van der Waals surface area contributed by atoms with Crippen molar-refractivity contribution in [3.63, 3.8) is 0 Å². The fourth-order valence-electron chi connectivity index (χ4n) is 3.59. The van der Waals surface area contributed by atoms with Crippen LogP contribution in [0.3, 0.4) is 0 Å². The molecular weight excluding hydrogens is 278 g/mol. The number of hydrogen-bond donors (Lipinski definition) is 1. The Morgan fingerprint density at radius 3 is 2.82 bits per heavy atom. The molecule has 0 saturated carbocycles. The number of piperidine rings is 1. The molecule has 2 saturated heterocycles. The van der Waals surface area contributed by atoms with Gasteiger partial charge in [-0.2, -0.15) is 0 Å². The number of urea groups is 1. The first-order valence-electron chi connectivity index (χ1n) is 8.97. The Kier molecular flexibility index (Phi) is 6.52. The average molecular weight is 309 g/mol. The predicted octanol–water partition coefficient (Wildman–Crippen LogP) is 2.61. The summed E-state index contributed by atoms with van der Waals surface area (Å²) in [4.78, 5) is 28.3. The van der Waals surface area contributed by atoms with E-state index in [4.69, 9.17) is 0 Å². The molecule has 2 rings (SSSR count). The second-order valence-electron chi connectivity index (χ2n) is 6.68. The van der Waals surface area contributed by atoms with E-state index in [2.05, 4.69) is 19.2 Å². The lowest BCUT2D eigenvalue weighted by Crippen LogP contribution is -2.50. The largest absolute Gasteiger partial charge is 0.341 e. The number of unbranched alkanes of at least 4 members (excludes halogenated alkanes) is 1. The number of nitrogens with one attached hydrogen (secondary N) is 1. The van der Waals surface area contributed by atoms with Crippen molar-refractivity contribution in [2.75, 3.05) is 26.2 Å². The molecule has 5 heteroatoms. The minimum Gasteiger partial charge on any atom is -0.341 e. The monoisotopic (exact) mass is 309 g/mol. The van der Waals surface area contributed by atoms with E-state index in [1.165, 1.54) is 12.8 Å². The average Bonchev–Trinajstić information content (AvgIpc) is 2.97. The molecule has 0 aromatic heterocycles. The number of hydrogen-bond acceptors (Lipinski definition) is 2. The van der Waals surface area contributed by atoms with Crippen LogP contribution < -0.4 is 5.32 Å². The minimum atomic E-state index is 0.0358. The standard InChI is InChI=1S/C17H31N3O2/c1-3-5-7-14(4-2)12-16(21)19-10-6-8-15(13-19)20-11-9-18-17(20)22/h14-15H,3-13H2,1-2H3,(H,18,22)/t14-,15-/m1/s1. The molecule has 0 aromatic carbocycles. The highest BCUT2D eigenvalue weighted by molar-refractivity contribution is 5.78. The molecular formula is C17H31N3O2. The number of carbonyl (C=O) groups excluding carboxylic acids is 2. The van der Waals surface area contributed by atoms with Gasteiger partial charge in [0.05, 0.1) is 6.04 Å². The van der Waals surface area contributed by atoms with E-state index >= 15 is 0 Å². The number of nitrogens with zero attached hydrogens (tertiary/aromatic N) is 2. The van der Waals surface area contributed by atoms with Crippen molar-refractivity contribution in [1.82, 2.24) is 15.1 Å². The van der Waals surface area contributed by atoms with Gasteiger partial charge in [0.2, 0.25) is 5.91 Å². The predicted molar refractivity (Wildman–Crippen MR) is 87.6 cm³/mol. The summed E-state index contributed by atoms with van der Waals surface area (Å²) in [5.74, 6) is 0.801. The second kappa shape index (κ2) is 8.39. The molecule has 0 spiro atoms. The third kappa shape index (κ3) is 4.37. The molecule has 2 aliphatic rings. The number of rotatable bonds is 7. The van der Waals surface area contributed by atoms with Crippen LogP contribution in [0.25, 0.3) is 0 Å². The molecule has 0 aliphatic carbocycles. The molecule has 0 aromatic rings. The number of likely N-dealkylation sites (tertiary alicyclic amines) is 1. The van der Waals surface area contributed by atoms with Crippen LogP contribution in [0.2, 0.25) is 0 Å². The van der Waals surface area contributed by atoms with Crippen LogP contribution in [0.4, 0.5) is 4.79 Å². The van der Waals surface area contributed by atoms with E-state index < -0.39 is 0 Å². The summed E-state index contributed by atoms with van der Waals surface area (Å²) in [5, 5.41) is 2.86. The van der Waals surface area contributed by atoms with Crippen molar-refractivity contribution >= 4 is 11.9 Å². The Bertz CT molecular complexity index is 386. The lowest BCUT2D eigenvalue weighted by atomic mass is 9.94. The molecule has 3 amide bonds. The van der Waals surface area contributed by atoms with Gasteiger partial charge in [0, 0.05) is 32.6 Å². The van der Waals surface area contributed by atoms with Crippen LogP contribution in [-0.4, -0.2) is 54.0 Å². The number of amides is 3. The van der Waals surface area contributed by atoms with E-state index in [0.717, 1.165) is 51.9 Å². The van der Waals surface area contributed by atoms with Gasteiger partial charge in [0.15, 0.2) is 0 Å². The van der Waals surface area contributed by atoms with Gasteiger partial charge in [0.25, 0.3) is 0 Å². The first kappa shape index (κ1) is 17.1. The highest BCUT2D eigenvalue weighted by Crippen LogP contribution is 2.22. The maximum Gasteiger partial charge on any atom is 0.317 e. The highest BCUT2D eigenvalue weighted by atomic mass is 16.2. The maximum atomic E-state index is 12.6. The summed E-state index contributed by atoms with van der Waals surface area (Å²) < 4.78 is 0. The third-order valence-corrected chi connectivity index (χ3v) is 5.09. The van der Waals surface area contributed by atoms with E-state index in [9.17, 15) is 9.59 Å². The van der Waals surface area contributed by atoms with Crippen molar-refractivity contribution in [2.45, 2.75) is 64.8 Å². The minimum absolute atomic E-state index is 0.0358. The van der Waals surface area contributed by atoms with Crippen molar-refractivity contribution in [3.8, 4) is 0 Å². The highest BCUT2D eigenvalue weighted by Gasteiger charge is 2.33. The SMILES string of the molecule is CCCC[C@@H](CC)CC(=O)N1CCC[C@@H](N2CCNC2=O)C1. The fourth-order valence-corrected chi connectivity index (χ4v) is 3.59. The van der Waals surface area contributed by atoms with Crippen LogP contribution >= 0.6 is 0 Å². The van der Waals surface area contributed by atoms with Crippen molar-refractivity contribution in [2.24, 2.45) is 5.92 Å². The molecule has 2 aliphatic heterocycles. The van der Waals surface area contributed by atoms with Gasteiger partial charge in [0.1, 0.15) is 0 Å². The molecule has 0 unspecified atom stereocenters. The molecule has 126 valence electrons. The van der Waals surface area contributed by atoms with Crippen molar-refractivity contribution in [3.05, 3.63) is 0 Å². The van der Waals surface area contributed by atoms with E-state index in [1.54, 1.807) is 0 Å². The molecule has 2 atom stereocenters. The van der Waals surface area contributed by atoms with Gasteiger partial charge in [-0.1, -0.05) is 33.1 Å². The molecule has 2 fully saturated rings. The Morgan fingerprint density at radius 2 is 2.18 bits per heavy atom. The first-order chi connectivity index (χ1) is 10.7. The molecule has 22 heavy (non-hydrogen) atoms. The van der Waals surface area contributed by atoms with Crippen LogP contribution in [0.1, 0.15) is 58.8 Å². The topological polar surface area (TPSA) is 52.7 Å². The van der Waals surface area contributed by atoms with E-state index in [0.29, 0.717) is 12.3 Å². The fraction of sp³-hybridized carbons (Fsp3) is 0.882. The van der Waals surface area contributed by atoms with Gasteiger partial charge in [-0.15, -0.1) is 0 Å². The van der Waals surface area contributed by atoms with Crippen LogP contribution in [-0.2, 0) is 4.79 Å². The van der Waals surface area contributed by atoms with Gasteiger partial charge in [-0.05, 0) is 25.2 Å². The molecule has 0 radical (unpaired) electrons. The molecule has 1 N–H and O–H groups in total.